The number of pyridine rings is 1. The van der Waals surface area contributed by atoms with E-state index < -0.39 is 35.4 Å². The van der Waals surface area contributed by atoms with Crippen molar-refractivity contribution in [2.45, 2.75) is 30.5 Å². The predicted molar refractivity (Wildman–Crippen MR) is 163 cm³/mol. The van der Waals surface area contributed by atoms with Crippen molar-refractivity contribution in [3.05, 3.63) is 112 Å². The fourth-order valence-electron chi connectivity index (χ4n) is 4.60. The molecule has 43 heavy (non-hydrogen) atoms. The van der Waals surface area contributed by atoms with Crippen LogP contribution in [0.5, 0.6) is 0 Å². The Bertz CT molecular complexity index is 1800. The van der Waals surface area contributed by atoms with E-state index in [2.05, 4.69) is 6.07 Å². The summed E-state index contributed by atoms with van der Waals surface area (Å²) in [5.74, 6) is -2.04. The third kappa shape index (κ3) is 6.36. The van der Waals surface area contributed by atoms with Gasteiger partial charge in [-0.15, -0.1) is 0 Å². The number of carbonyl (C=O) groups is 4. The average Bonchev–Trinajstić information content (AvgIpc) is 3.29. The fourth-order valence-corrected chi connectivity index (χ4v) is 5.92. The first kappa shape index (κ1) is 29.7. The highest BCUT2D eigenvalue weighted by Crippen LogP contribution is 2.36. The van der Waals surface area contributed by atoms with Crippen LogP contribution in [0, 0.1) is 25.2 Å². The number of aromatic nitrogens is 1. The van der Waals surface area contributed by atoms with Crippen molar-refractivity contribution >= 4 is 52.6 Å². The smallest absolute Gasteiger partial charge is 0.338 e. The maximum atomic E-state index is 13.4. The van der Waals surface area contributed by atoms with Crippen LogP contribution in [0.1, 0.15) is 43.8 Å². The van der Waals surface area contributed by atoms with Crippen LogP contribution in [0.2, 0.25) is 5.02 Å². The van der Waals surface area contributed by atoms with Crippen LogP contribution >= 0.6 is 23.4 Å². The third-order valence-corrected chi connectivity index (χ3v) is 8.37. The van der Waals surface area contributed by atoms with Gasteiger partial charge in [0.25, 0.3) is 0 Å². The Morgan fingerprint density at radius 1 is 1.05 bits per heavy atom. The Kier molecular flexibility index (Phi) is 8.71. The van der Waals surface area contributed by atoms with E-state index in [0.29, 0.717) is 22.0 Å². The maximum absolute atomic E-state index is 13.4. The maximum Gasteiger partial charge on any atom is 0.338 e. The molecule has 0 radical (unpaired) electrons. The number of carbonyl (C=O) groups excluding carboxylic acids is 4. The van der Waals surface area contributed by atoms with Crippen molar-refractivity contribution in [1.29, 1.82) is 5.26 Å². The monoisotopic (exact) mass is 609 g/mol. The summed E-state index contributed by atoms with van der Waals surface area (Å²) in [6.07, 6.45) is -0.0717. The van der Waals surface area contributed by atoms with Gasteiger partial charge in [0.2, 0.25) is 17.6 Å². The number of aryl methyl sites for hydroxylation is 2. The van der Waals surface area contributed by atoms with Crippen LogP contribution in [-0.2, 0) is 14.3 Å². The topological polar surface area (TPSA) is 117 Å². The number of nitrogens with zero attached hydrogens (tertiary/aromatic N) is 3. The molecule has 1 aliphatic heterocycles. The van der Waals surface area contributed by atoms with Crippen LogP contribution in [0.15, 0.2) is 83.9 Å². The molecule has 3 aromatic carbocycles. The highest BCUT2D eigenvalue weighted by atomic mass is 35.5. The molecule has 0 aliphatic carbocycles. The van der Waals surface area contributed by atoms with Crippen molar-refractivity contribution in [2.24, 2.45) is 0 Å². The number of ketones is 1. The highest BCUT2D eigenvalue weighted by molar-refractivity contribution is 8.00. The lowest BCUT2D eigenvalue weighted by molar-refractivity contribution is -0.121. The molecule has 214 valence electrons. The number of amides is 2. The molecular formula is C33H24ClN3O5S. The van der Waals surface area contributed by atoms with E-state index in [1.807, 2.05) is 38.1 Å². The number of Topliss-reactive ketones (excluding diaryl/α,β-unsaturated/α-hetero) is 1. The Hall–Kier alpha value is -4.78. The zero-order valence-corrected chi connectivity index (χ0v) is 24.7. The lowest BCUT2D eigenvalue weighted by Crippen LogP contribution is -2.31. The first-order valence-electron chi connectivity index (χ1n) is 13.2. The van der Waals surface area contributed by atoms with E-state index in [9.17, 15) is 24.4 Å². The van der Waals surface area contributed by atoms with Gasteiger partial charge in [-0.3, -0.25) is 14.4 Å². The lowest BCUT2D eigenvalue weighted by atomic mass is 10.0. The summed E-state index contributed by atoms with van der Waals surface area (Å²) < 4.78 is 5.14. The Labute approximate surface area is 257 Å². The summed E-state index contributed by atoms with van der Waals surface area (Å²) in [5.41, 5.74) is 4.53. The van der Waals surface area contributed by atoms with E-state index in [-0.39, 0.29) is 22.6 Å². The minimum atomic E-state index is -0.777. The zero-order valence-electron chi connectivity index (χ0n) is 23.2. The molecular weight excluding hydrogens is 586 g/mol. The average molecular weight is 610 g/mol. The van der Waals surface area contributed by atoms with Crippen LogP contribution in [0.3, 0.4) is 0 Å². The zero-order chi connectivity index (χ0) is 30.7. The second-order valence-corrected chi connectivity index (χ2v) is 11.5. The molecule has 1 fully saturated rings. The number of anilines is 1. The number of nitriles is 1. The van der Waals surface area contributed by atoms with Crippen LogP contribution in [0.25, 0.3) is 11.3 Å². The molecule has 5 rings (SSSR count). The fraction of sp³-hybridized carbons (Fsp3) is 0.152. The van der Waals surface area contributed by atoms with Crippen LogP contribution in [-0.4, -0.2) is 40.4 Å². The number of halogens is 1. The lowest BCUT2D eigenvalue weighted by Gasteiger charge is -2.16. The summed E-state index contributed by atoms with van der Waals surface area (Å²) in [6, 6.07) is 24.0. The van der Waals surface area contributed by atoms with E-state index >= 15 is 0 Å². The normalized spacial score (nSPS) is 14.5. The van der Waals surface area contributed by atoms with Crippen LogP contribution in [0.4, 0.5) is 5.69 Å². The molecule has 0 N–H and O–H groups in total. The summed E-state index contributed by atoms with van der Waals surface area (Å²) in [4.78, 5) is 57.0. The number of hydrogen-bond donors (Lipinski definition) is 0. The highest BCUT2D eigenvalue weighted by Gasteiger charge is 2.41. The minimum Gasteiger partial charge on any atom is -0.454 e. The molecule has 10 heteroatoms. The number of rotatable bonds is 8. The van der Waals surface area contributed by atoms with Crippen LogP contribution < -0.4 is 4.90 Å². The molecule has 4 aromatic rings. The van der Waals surface area contributed by atoms with Gasteiger partial charge in [0.1, 0.15) is 11.1 Å². The molecule has 0 bridgehead atoms. The molecule has 8 nitrogen and oxygen atoms in total. The van der Waals surface area contributed by atoms with Gasteiger partial charge >= 0.3 is 5.97 Å². The minimum absolute atomic E-state index is 0.0717. The number of esters is 1. The molecule has 1 unspecified atom stereocenters. The van der Waals surface area contributed by atoms with Crippen molar-refractivity contribution in [3.63, 3.8) is 0 Å². The molecule has 2 amide bonds. The van der Waals surface area contributed by atoms with Gasteiger partial charge in [0.15, 0.2) is 6.61 Å². The van der Waals surface area contributed by atoms with Gasteiger partial charge in [-0.05, 0) is 61.9 Å². The second kappa shape index (κ2) is 12.6. The molecule has 2 heterocycles. The van der Waals surface area contributed by atoms with E-state index in [0.717, 1.165) is 33.4 Å². The predicted octanol–water partition coefficient (Wildman–Crippen LogP) is 6.35. The number of benzene rings is 3. The standard InChI is InChI=1S/C33H24ClN3O5S/c1-19-7-9-21(10-8-19)30-20(2)15-23(17-35)31(36-30)43-28-16-29(39)37(32(28)40)24-13-11-22(12-14-24)33(41)42-18-27(38)25-5-3-4-6-26(25)34/h3-15,28H,16,18H2,1-2H3. The molecule has 1 atom stereocenters. The summed E-state index contributed by atoms with van der Waals surface area (Å²) >= 11 is 7.12. The van der Waals surface area contributed by atoms with Gasteiger partial charge in [-0.1, -0.05) is 65.3 Å². The Morgan fingerprint density at radius 3 is 2.42 bits per heavy atom. The third-order valence-electron chi connectivity index (χ3n) is 6.85. The van der Waals surface area contributed by atoms with Crippen molar-refractivity contribution < 1.29 is 23.9 Å². The second-order valence-electron chi connectivity index (χ2n) is 9.89. The summed E-state index contributed by atoms with van der Waals surface area (Å²) in [5, 5.41) is 9.61. The van der Waals surface area contributed by atoms with Crippen molar-refractivity contribution in [1.82, 2.24) is 4.98 Å². The molecule has 1 saturated heterocycles. The van der Waals surface area contributed by atoms with Gasteiger partial charge in [0, 0.05) is 17.5 Å². The van der Waals surface area contributed by atoms with E-state index in [4.69, 9.17) is 21.3 Å². The number of imide groups is 1. The number of ether oxygens (including phenoxy) is 1. The molecule has 1 aliphatic rings. The van der Waals surface area contributed by atoms with Gasteiger partial charge in [0.05, 0.1) is 32.8 Å². The van der Waals surface area contributed by atoms with Gasteiger partial charge in [-0.2, -0.15) is 5.26 Å². The summed E-state index contributed by atoms with van der Waals surface area (Å²) in [7, 11) is 0. The SMILES string of the molecule is Cc1ccc(-c2nc(SC3CC(=O)N(c4ccc(C(=O)OCC(=O)c5ccccc5Cl)cc4)C3=O)c(C#N)cc2C)cc1. The molecule has 0 saturated carbocycles. The van der Waals surface area contributed by atoms with E-state index in [1.165, 1.54) is 24.3 Å². The molecule has 1 aromatic heterocycles. The Balaban J connectivity index is 1.28. The first-order valence-corrected chi connectivity index (χ1v) is 14.5. The first-order chi connectivity index (χ1) is 20.7. The van der Waals surface area contributed by atoms with Crippen molar-refractivity contribution in [2.75, 3.05) is 11.5 Å². The quantitative estimate of drug-likeness (QED) is 0.129. The van der Waals surface area contributed by atoms with Gasteiger partial charge < -0.3 is 4.74 Å². The number of thioether (sulfide) groups is 1. The summed E-state index contributed by atoms with van der Waals surface area (Å²) in [6.45, 7) is 3.37. The largest absolute Gasteiger partial charge is 0.454 e. The van der Waals surface area contributed by atoms with Gasteiger partial charge in [-0.25, -0.2) is 14.7 Å². The Morgan fingerprint density at radius 2 is 1.74 bits per heavy atom. The molecule has 0 spiro atoms. The van der Waals surface area contributed by atoms with Crippen molar-refractivity contribution in [3.8, 4) is 17.3 Å². The number of hydrogen-bond acceptors (Lipinski definition) is 8. The van der Waals surface area contributed by atoms with E-state index in [1.54, 1.807) is 30.3 Å².